The maximum Gasteiger partial charge on any atom is 0.323 e. The van der Waals surface area contributed by atoms with Crippen molar-refractivity contribution in [2.45, 2.75) is 54.8 Å². The van der Waals surface area contributed by atoms with Crippen molar-refractivity contribution in [2.75, 3.05) is 36.0 Å². The number of amides is 2. The largest absolute Gasteiger partial charge is 0.486 e. The molecule has 4 aliphatic rings. The number of ether oxygens (including phenoxy) is 1. The third kappa shape index (κ3) is 3.92. The van der Waals surface area contributed by atoms with Crippen LogP contribution >= 0.6 is 11.8 Å². The summed E-state index contributed by atoms with van der Waals surface area (Å²) in [4.78, 5) is 35.8. The third-order valence-corrected chi connectivity index (χ3v) is 9.62. The van der Waals surface area contributed by atoms with Crippen LogP contribution in [0.1, 0.15) is 41.5 Å². The van der Waals surface area contributed by atoms with E-state index in [1.165, 1.54) is 17.3 Å². The molecule has 1 aliphatic carbocycles. The Balaban J connectivity index is 1.12. The average molecular weight is 547 g/mol. The predicted octanol–water partition coefficient (Wildman–Crippen LogP) is 2.35. The molecule has 0 saturated carbocycles. The highest BCUT2D eigenvalue weighted by Crippen LogP contribution is 2.50. The van der Waals surface area contributed by atoms with Gasteiger partial charge in [0.05, 0.1) is 23.2 Å². The number of hydrogen-bond acceptors (Lipinski definition) is 10. The van der Waals surface area contributed by atoms with Gasteiger partial charge in [-0.25, -0.2) is 19.7 Å². The van der Waals surface area contributed by atoms with Gasteiger partial charge in [0.1, 0.15) is 17.3 Å². The average Bonchev–Trinajstić information content (AvgIpc) is 3.47. The number of hydrogen-bond donors (Lipinski definition) is 3. The van der Waals surface area contributed by atoms with Crippen LogP contribution < -0.4 is 25.6 Å². The molecule has 4 N–H and O–H groups in total. The van der Waals surface area contributed by atoms with E-state index < -0.39 is 0 Å². The molecular weight excluding hydrogens is 516 g/mol. The summed E-state index contributed by atoms with van der Waals surface area (Å²) in [5, 5.41) is 13.8. The number of rotatable bonds is 4. The Morgan fingerprint density at radius 1 is 1.21 bits per heavy atom. The van der Waals surface area contributed by atoms with Gasteiger partial charge < -0.3 is 25.8 Å². The van der Waals surface area contributed by atoms with Gasteiger partial charge in [0.15, 0.2) is 17.4 Å². The van der Waals surface area contributed by atoms with Crippen molar-refractivity contribution >= 4 is 29.4 Å². The summed E-state index contributed by atoms with van der Waals surface area (Å²) in [6.45, 7) is 4.24. The Labute approximate surface area is 230 Å². The van der Waals surface area contributed by atoms with Crippen molar-refractivity contribution in [3.63, 3.8) is 0 Å². The van der Waals surface area contributed by atoms with Crippen LogP contribution in [0.25, 0.3) is 0 Å². The minimum atomic E-state index is -0.215. The molecule has 0 aromatic carbocycles. The molecule has 11 nitrogen and oxygen atoms in total. The van der Waals surface area contributed by atoms with E-state index in [0.29, 0.717) is 35.4 Å². The van der Waals surface area contributed by atoms with Gasteiger partial charge in [-0.05, 0) is 49.3 Å². The SMILES string of the molecule is Cc1nc(N2CCC3(CC2)Cc2ncccc2[C@H]3N)c(CO)nc1Sc1ccnc2c1OCC1CNC(=O)N21. The molecule has 6 heterocycles. The molecule has 3 aromatic heterocycles. The Kier molecular flexibility index (Phi) is 5.87. The first-order chi connectivity index (χ1) is 19.0. The fraction of sp³-hybridized carbons (Fsp3) is 0.444. The van der Waals surface area contributed by atoms with Gasteiger partial charge in [-0.3, -0.25) is 9.88 Å². The molecule has 202 valence electrons. The van der Waals surface area contributed by atoms with Gasteiger partial charge in [-0.1, -0.05) is 17.8 Å². The van der Waals surface area contributed by atoms with Crippen LogP contribution in [0.4, 0.5) is 16.4 Å². The van der Waals surface area contributed by atoms with Crippen molar-refractivity contribution in [1.29, 1.82) is 0 Å². The zero-order valence-corrected chi connectivity index (χ0v) is 22.4. The van der Waals surface area contributed by atoms with Crippen molar-refractivity contribution in [1.82, 2.24) is 25.3 Å². The van der Waals surface area contributed by atoms with E-state index in [4.69, 9.17) is 20.4 Å². The molecule has 2 amide bonds. The third-order valence-electron chi connectivity index (χ3n) is 8.50. The standard InChI is InChI=1S/C27H30N8O3S/c1-15-25(39-20-4-8-30-24-21(20)38-14-16-12-31-26(37)35(16)24)33-19(13-36)23(32-15)34-9-5-27(6-10-34)11-18-17(22(27)28)3-2-7-29-18/h2-4,7-8,16,22,36H,5-6,9-14,28H2,1H3,(H,31,37)/t16?,22-/m1/s1. The lowest BCUT2D eigenvalue weighted by Crippen LogP contribution is -2.45. The number of carbonyl (C=O) groups excluding carboxylic acids is 1. The maximum atomic E-state index is 12.4. The first-order valence-electron chi connectivity index (χ1n) is 13.3. The summed E-state index contributed by atoms with van der Waals surface area (Å²) in [6.07, 6.45) is 6.28. The Morgan fingerprint density at radius 3 is 2.85 bits per heavy atom. The molecule has 7 rings (SSSR count). The maximum absolute atomic E-state index is 12.4. The first kappa shape index (κ1) is 24.6. The second-order valence-corrected chi connectivity index (χ2v) is 11.7. The van der Waals surface area contributed by atoms with Crippen LogP contribution in [0.5, 0.6) is 5.75 Å². The van der Waals surface area contributed by atoms with Gasteiger partial charge >= 0.3 is 6.03 Å². The number of aliphatic hydroxyl groups excluding tert-OH is 1. The van der Waals surface area contributed by atoms with Gasteiger partial charge in [0.25, 0.3) is 0 Å². The summed E-state index contributed by atoms with van der Waals surface area (Å²) < 4.78 is 6.04. The summed E-state index contributed by atoms with van der Waals surface area (Å²) >= 11 is 1.41. The number of aromatic nitrogens is 4. The number of aryl methyl sites for hydroxylation is 1. The zero-order valence-electron chi connectivity index (χ0n) is 21.6. The number of anilines is 2. The number of pyridine rings is 2. The summed E-state index contributed by atoms with van der Waals surface area (Å²) in [7, 11) is 0. The van der Waals surface area contributed by atoms with Crippen molar-refractivity contribution < 1.29 is 14.6 Å². The molecule has 12 heteroatoms. The second kappa shape index (κ2) is 9.32. The van der Waals surface area contributed by atoms with E-state index in [-0.39, 0.29) is 30.1 Å². The van der Waals surface area contributed by atoms with Gasteiger partial charge in [-0.2, -0.15) is 0 Å². The number of piperidine rings is 1. The highest BCUT2D eigenvalue weighted by Gasteiger charge is 2.47. The molecule has 39 heavy (non-hydrogen) atoms. The molecule has 2 fully saturated rings. The smallest absolute Gasteiger partial charge is 0.323 e. The molecule has 0 radical (unpaired) electrons. The number of nitrogens with two attached hydrogens (primary N) is 1. The lowest BCUT2D eigenvalue weighted by molar-refractivity contribution is 0.186. The van der Waals surface area contributed by atoms with Crippen LogP contribution in [0.2, 0.25) is 0 Å². The number of aliphatic hydroxyl groups is 1. The zero-order chi connectivity index (χ0) is 26.7. The number of nitrogens with one attached hydrogen (secondary N) is 1. The lowest BCUT2D eigenvalue weighted by atomic mass is 9.73. The summed E-state index contributed by atoms with van der Waals surface area (Å²) in [5.41, 5.74) is 10.3. The number of fused-ring (bicyclic) bond motifs is 4. The van der Waals surface area contributed by atoms with E-state index >= 15 is 0 Å². The highest BCUT2D eigenvalue weighted by molar-refractivity contribution is 7.99. The monoisotopic (exact) mass is 546 g/mol. The van der Waals surface area contributed by atoms with Crippen LogP contribution in [0.3, 0.4) is 0 Å². The summed E-state index contributed by atoms with van der Waals surface area (Å²) in [6, 6.07) is 5.69. The molecule has 1 unspecified atom stereocenters. The van der Waals surface area contributed by atoms with Gasteiger partial charge in [-0.15, -0.1) is 0 Å². The molecule has 2 atom stereocenters. The molecule has 3 aromatic rings. The number of carbonyl (C=O) groups is 1. The Hall–Kier alpha value is -3.48. The topological polar surface area (TPSA) is 143 Å². The Morgan fingerprint density at radius 2 is 2.05 bits per heavy atom. The van der Waals surface area contributed by atoms with Crippen LogP contribution in [0.15, 0.2) is 40.5 Å². The van der Waals surface area contributed by atoms with Gasteiger partial charge in [0.2, 0.25) is 0 Å². The number of urea groups is 1. The Bertz CT molecular complexity index is 1460. The van der Waals surface area contributed by atoms with Crippen LogP contribution in [-0.2, 0) is 13.0 Å². The molecule has 1 spiro atoms. The predicted molar refractivity (Wildman–Crippen MR) is 145 cm³/mol. The fourth-order valence-electron chi connectivity index (χ4n) is 6.33. The fourth-order valence-corrected chi connectivity index (χ4v) is 7.26. The van der Waals surface area contributed by atoms with Crippen LogP contribution in [-0.4, -0.2) is 63.4 Å². The van der Waals surface area contributed by atoms with E-state index in [1.54, 1.807) is 11.1 Å². The number of nitrogens with zero attached hydrogens (tertiary/aromatic N) is 6. The van der Waals surface area contributed by atoms with Crippen molar-refractivity contribution in [2.24, 2.45) is 11.1 Å². The summed E-state index contributed by atoms with van der Waals surface area (Å²) in [5.74, 6) is 1.80. The molecule has 0 bridgehead atoms. The van der Waals surface area contributed by atoms with Crippen LogP contribution in [0, 0.1) is 12.3 Å². The van der Waals surface area contributed by atoms with E-state index in [9.17, 15) is 9.90 Å². The first-order valence-corrected chi connectivity index (χ1v) is 14.1. The highest BCUT2D eigenvalue weighted by atomic mass is 32.2. The minimum absolute atomic E-state index is 0.0104. The van der Waals surface area contributed by atoms with E-state index in [0.717, 1.165) is 54.5 Å². The van der Waals surface area contributed by atoms with Crippen molar-refractivity contribution in [3.8, 4) is 5.75 Å². The molecule has 3 aliphatic heterocycles. The second-order valence-electron chi connectivity index (χ2n) is 10.7. The van der Waals surface area contributed by atoms with E-state index in [2.05, 4.69) is 26.3 Å². The lowest BCUT2D eigenvalue weighted by Gasteiger charge is -2.42. The van der Waals surface area contributed by atoms with E-state index in [1.807, 2.05) is 25.3 Å². The normalized spacial score (nSPS) is 22.8. The quantitative estimate of drug-likeness (QED) is 0.446. The molecule has 2 saturated heterocycles. The minimum Gasteiger partial charge on any atom is -0.486 e. The van der Waals surface area contributed by atoms with Crippen molar-refractivity contribution in [3.05, 3.63) is 53.2 Å². The molecular formula is C27H30N8O3S. The van der Waals surface area contributed by atoms with Gasteiger partial charge in [0, 0.05) is 43.8 Å².